The molecule has 0 aromatic heterocycles. The normalized spacial score (nSPS) is 13.2. The largest absolute Gasteiger partial charge is 0.366 e. The SMILES string of the molecule is C=CC(=O)N(C)CC(=O)N(Cc1ccc(C(N)=O)cc1F)C1CC1. The molecule has 1 aromatic rings. The molecule has 1 aromatic carbocycles. The Morgan fingerprint density at radius 2 is 2.04 bits per heavy atom. The molecule has 3 amide bonds. The molecule has 0 aliphatic heterocycles. The minimum atomic E-state index is -0.708. The van der Waals surface area contributed by atoms with Crippen molar-refractivity contribution in [3.8, 4) is 0 Å². The van der Waals surface area contributed by atoms with Gasteiger partial charge in [-0.05, 0) is 31.1 Å². The average molecular weight is 333 g/mol. The van der Waals surface area contributed by atoms with Crippen LogP contribution < -0.4 is 5.73 Å². The molecule has 0 radical (unpaired) electrons. The Labute approximate surface area is 139 Å². The second-order valence-electron chi connectivity index (χ2n) is 5.82. The van der Waals surface area contributed by atoms with Gasteiger partial charge in [0.05, 0.1) is 6.54 Å². The molecule has 1 aliphatic rings. The van der Waals surface area contributed by atoms with Gasteiger partial charge in [-0.3, -0.25) is 14.4 Å². The lowest BCUT2D eigenvalue weighted by atomic mass is 10.1. The number of halogens is 1. The number of carbonyl (C=O) groups is 3. The van der Waals surface area contributed by atoms with E-state index in [1.165, 1.54) is 24.1 Å². The third kappa shape index (κ3) is 4.18. The predicted octanol–water partition coefficient (Wildman–Crippen LogP) is 1.06. The van der Waals surface area contributed by atoms with Crippen LogP contribution in [0.1, 0.15) is 28.8 Å². The second-order valence-corrected chi connectivity index (χ2v) is 5.82. The maximum Gasteiger partial charge on any atom is 0.248 e. The summed E-state index contributed by atoms with van der Waals surface area (Å²) in [5.74, 6) is -1.90. The van der Waals surface area contributed by atoms with Crippen LogP contribution in [-0.4, -0.2) is 47.2 Å². The van der Waals surface area contributed by atoms with Gasteiger partial charge in [0.25, 0.3) is 0 Å². The first-order valence-corrected chi connectivity index (χ1v) is 7.58. The molecule has 2 N–H and O–H groups in total. The first kappa shape index (κ1) is 17.7. The molecule has 2 rings (SSSR count). The van der Waals surface area contributed by atoms with Crippen LogP contribution in [0.25, 0.3) is 0 Å². The molecule has 0 unspecified atom stereocenters. The summed E-state index contributed by atoms with van der Waals surface area (Å²) in [6, 6.07) is 4.01. The Bertz CT molecular complexity index is 686. The Hall–Kier alpha value is -2.70. The summed E-state index contributed by atoms with van der Waals surface area (Å²) >= 11 is 0. The topological polar surface area (TPSA) is 83.7 Å². The van der Waals surface area contributed by atoms with E-state index in [4.69, 9.17) is 5.73 Å². The number of primary amides is 1. The standard InChI is InChI=1S/C17H20FN3O3/c1-3-15(22)20(2)10-16(23)21(13-6-7-13)9-12-5-4-11(17(19)24)8-14(12)18/h3-5,8,13H,1,6-7,9-10H2,2H3,(H2,19,24). The van der Waals surface area contributed by atoms with Crippen molar-refractivity contribution in [1.82, 2.24) is 9.80 Å². The summed E-state index contributed by atoms with van der Waals surface area (Å²) in [5, 5.41) is 0. The molecule has 0 saturated heterocycles. The molecular weight excluding hydrogens is 313 g/mol. The van der Waals surface area contributed by atoms with E-state index in [-0.39, 0.29) is 36.5 Å². The van der Waals surface area contributed by atoms with Crippen molar-refractivity contribution in [3.63, 3.8) is 0 Å². The first-order chi connectivity index (χ1) is 11.3. The predicted molar refractivity (Wildman–Crippen MR) is 86.3 cm³/mol. The van der Waals surface area contributed by atoms with Gasteiger partial charge in [0.2, 0.25) is 17.7 Å². The van der Waals surface area contributed by atoms with E-state index in [0.717, 1.165) is 25.0 Å². The number of likely N-dealkylation sites (N-methyl/N-ethyl adjacent to an activating group) is 1. The summed E-state index contributed by atoms with van der Waals surface area (Å²) in [4.78, 5) is 37.8. The molecule has 0 heterocycles. The molecule has 7 heteroatoms. The van der Waals surface area contributed by atoms with Gasteiger partial charge < -0.3 is 15.5 Å². The smallest absolute Gasteiger partial charge is 0.248 e. The van der Waals surface area contributed by atoms with Crippen molar-refractivity contribution in [2.75, 3.05) is 13.6 Å². The highest BCUT2D eigenvalue weighted by Gasteiger charge is 2.33. The summed E-state index contributed by atoms with van der Waals surface area (Å²) < 4.78 is 14.1. The molecule has 0 bridgehead atoms. The van der Waals surface area contributed by atoms with E-state index in [9.17, 15) is 18.8 Å². The number of carbonyl (C=O) groups excluding carboxylic acids is 3. The van der Waals surface area contributed by atoms with Crippen LogP contribution in [0.2, 0.25) is 0 Å². The van der Waals surface area contributed by atoms with Crippen molar-refractivity contribution < 1.29 is 18.8 Å². The van der Waals surface area contributed by atoms with E-state index < -0.39 is 11.7 Å². The lowest BCUT2D eigenvalue weighted by Crippen LogP contribution is -2.41. The first-order valence-electron chi connectivity index (χ1n) is 7.58. The van der Waals surface area contributed by atoms with Gasteiger partial charge in [-0.15, -0.1) is 0 Å². The molecule has 0 spiro atoms. The molecule has 0 atom stereocenters. The van der Waals surface area contributed by atoms with Crippen LogP contribution in [-0.2, 0) is 16.1 Å². The summed E-state index contributed by atoms with van der Waals surface area (Å²) in [7, 11) is 1.51. The molecule has 128 valence electrons. The highest BCUT2D eigenvalue weighted by molar-refractivity contribution is 5.93. The summed E-state index contributed by atoms with van der Waals surface area (Å²) in [5.41, 5.74) is 5.51. The van der Waals surface area contributed by atoms with Crippen LogP contribution >= 0.6 is 0 Å². The van der Waals surface area contributed by atoms with Crippen LogP contribution in [0, 0.1) is 5.82 Å². The van der Waals surface area contributed by atoms with Gasteiger partial charge in [0, 0.05) is 30.8 Å². The van der Waals surface area contributed by atoms with E-state index >= 15 is 0 Å². The lowest BCUT2D eigenvalue weighted by Gasteiger charge is -2.25. The van der Waals surface area contributed by atoms with Crippen molar-refractivity contribution in [1.29, 1.82) is 0 Å². The number of rotatable bonds is 7. The van der Waals surface area contributed by atoms with Crippen LogP contribution in [0.5, 0.6) is 0 Å². The van der Waals surface area contributed by atoms with E-state index in [0.29, 0.717) is 5.56 Å². The van der Waals surface area contributed by atoms with Gasteiger partial charge in [-0.25, -0.2) is 4.39 Å². The lowest BCUT2D eigenvalue weighted by molar-refractivity contribution is -0.138. The van der Waals surface area contributed by atoms with E-state index in [2.05, 4.69) is 6.58 Å². The molecule has 6 nitrogen and oxygen atoms in total. The fourth-order valence-corrected chi connectivity index (χ4v) is 2.35. The highest BCUT2D eigenvalue weighted by atomic mass is 19.1. The van der Waals surface area contributed by atoms with Gasteiger partial charge in [-0.2, -0.15) is 0 Å². The fourth-order valence-electron chi connectivity index (χ4n) is 2.35. The number of hydrogen-bond acceptors (Lipinski definition) is 3. The Balaban J connectivity index is 2.11. The number of benzene rings is 1. The second kappa shape index (κ2) is 7.25. The van der Waals surface area contributed by atoms with E-state index in [1.807, 2.05) is 0 Å². The number of nitrogens with zero attached hydrogens (tertiary/aromatic N) is 2. The number of amides is 3. The average Bonchev–Trinajstić information content (AvgIpc) is 3.37. The highest BCUT2D eigenvalue weighted by Crippen LogP contribution is 2.29. The minimum absolute atomic E-state index is 0.0555. The van der Waals surface area contributed by atoms with Gasteiger partial charge in [0.1, 0.15) is 5.82 Å². The molecule has 1 aliphatic carbocycles. The van der Waals surface area contributed by atoms with Crippen LogP contribution in [0.4, 0.5) is 4.39 Å². The molecule has 24 heavy (non-hydrogen) atoms. The van der Waals surface area contributed by atoms with Crippen LogP contribution in [0.3, 0.4) is 0 Å². The summed E-state index contributed by atoms with van der Waals surface area (Å²) in [6.45, 7) is 3.37. The Morgan fingerprint density at radius 3 is 2.54 bits per heavy atom. The Kier molecular flexibility index (Phi) is 5.33. The third-order valence-electron chi connectivity index (χ3n) is 3.91. The van der Waals surface area contributed by atoms with Crippen LogP contribution in [0.15, 0.2) is 30.9 Å². The van der Waals surface area contributed by atoms with Gasteiger partial charge >= 0.3 is 0 Å². The van der Waals surface area contributed by atoms with Gasteiger partial charge in [0.15, 0.2) is 0 Å². The Morgan fingerprint density at radius 1 is 1.38 bits per heavy atom. The van der Waals surface area contributed by atoms with Crippen molar-refractivity contribution in [2.45, 2.75) is 25.4 Å². The number of nitrogens with two attached hydrogens (primary N) is 1. The van der Waals surface area contributed by atoms with Gasteiger partial charge in [-0.1, -0.05) is 12.6 Å². The fraction of sp³-hybridized carbons (Fsp3) is 0.353. The molecular formula is C17H20FN3O3. The van der Waals surface area contributed by atoms with Crippen molar-refractivity contribution >= 4 is 17.7 Å². The molecule has 1 saturated carbocycles. The van der Waals surface area contributed by atoms with Crippen molar-refractivity contribution in [2.24, 2.45) is 5.73 Å². The maximum absolute atomic E-state index is 14.1. The maximum atomic E-state index is 14.1. The van der Waals surface area contributed by atoms with E-state index in [1.54, 1.807) is 4.90 Å². The number of hydrogen-bond donors (Lipinski definition) is 1. The zero-order valence-corrected chi connectivity index (χ0v) is 13.5. The quantitative estimate of drug-likeness (QED) is 0.757. The summed E-state index contributed by atoms with van der Waals surface area (Å²) in [6.07, 6.45) is 2.84. The zero-order valence-electron chi connectivity index (χ0n) is 13.5. The molecule has 1 fully saturated rings. The zero-order chi connectivity index (χ0) is 17.9. The van der Waals surface area contributed by atoms with Crippen molar-refractivity contribution in [3.05, 3.63) is 47.8 Å². The monoisotopic (exact) mass is 333 g/mol. The minimum Gasteiger partial charge on any atom is -0.366 e. The third-order valence-corrected chi connectivity index (χ3v) is 3.91.